The summed E-state index contributed by atoms with van der Waals surface area (Å²) in [6.07, 6.45) is 3.12. The molecule has 1 saturated heterocycles. The molecule has 1 aliphatic carbocycles. The van der Waals surface area contributed by atoms with Crippen LogP contribution < -0.4 is 20.1 Å². The summed E-state index contributed by atoms with van der Waals surface area (Å²) in [7, 11) is 0. The number of carbonyl (C=O) groups excluding carboxylic acids is 2. The van der Waals surface area contributed by atoms with Crippen molar-refractivity contribution >= 4 is 11.8 Å². The van der Waals surface area contributed by atoms with Gasteiger partial charge < -0.3 is 20.1 Å². The second-order valence-corrected chi connectivity index (χ2v) is 5.33. The van der Waals surface area contributed by atoms with Gasteiger partial charge in [0.05, 0.1) is 12.0 Å². The standard InChI is InChI=1S/C15H14N2O4/c18-10-3-1-2-9-13(10)14(17-15(19)16-9)8-4-5-11-12(6-8)21-7-20-11/h2,4-6,13-14H,1,3,7H2,(H2,16,17,19)/t13-,14-/m1/s1. The van der Waals surface area contributed by atoms with Gasteiger partial charge in [0.1, 0.15) is 5.78 Å². The van der Waals surface area contributed by atoms with E-state index in [9.17, 15) is 9.59 Å². The Hall–Kier alpha value is -2.50. The molecular formula is C15H14N2O4. The average molecular weight is 286 g/mol. The quantitative estimate of drug-likeness (QED) is 0.822. The first-order valence-corrected chi connectivity index (χ1v) is 6.92. The number of rotatable bonds is 1. The maximum absolute atomic E-state index is 12.3. The van der Waals surface area contributed by atoms with Crippen molar-refractivity contribution in [2.75, 3.05) is 6.79 Å². The van der Waals surface area contributed by atoms with Crippen molar-refractivity contribution in [3.05, 3.63) is 35.5 Å². The molecule has 0 radical (unpaired) electrons. The van der Waals surface area contributed by atoms with Crippen LogP contribution in [0.2, 0.25) is 0 Å². The summed E-state index contributed by atoms with van der Waals surface area (Å²) in [6.45, 7) is 0.199. The summed E-state index contributed by atoms with van der Waals surface area (Å²) in [6, 6.07) is 4.85. The van der Waals surface area contributed by atoms with Gasteiger partial charge in [0.25, 0.3) is 0 Å². The molecule has 3 aliphatic rings. The molecule has 6 nitrogen and oxygen atoms in total. The molecule has 0 aromatic heterocycles. The largest absolute Gasteiger partial charge is 0.454 e. The normalized spacial score (nSPS) is 26.6. The van der Waals surface area contributed by atoms with E-state index in [0.717, 1.165) is 5.56 Å². The third-order valence-electron chi connectivity index (χ3n) is 4.07. The number of ketones is 1. The summed E-state index contributed by atoms with van der Waals surface area (Å²) in [5, 5.41) is 5.58. The van der Waals surface area contributed by atoms with Gasteiger partial charge in [0.2, 0.25) is 6.79 Å². The molecule has 0 saturated carbocycles. The van der Waals surface area contributed by atoms with E-state index in [4.69, 9.17) is 9.47 Å². The zero-order chi connectivity index (χ0) is 14.4. The fourth-order valence-electron chi connectivity index (χ4n) is 3.09. The van der Waals surface area contributed by atoms with E-state index in [0.29, 0.717) is 30.0 Å². The molecule has 0 unspecified atom stereocenters. The Labute approximate surface area is 121 Å². The van der Waals surface area contributed by atoms with Gasteiger partial charge in [-0.2, -0.15) is 0 Å². The van der Waals surface area contributed by atoms with E-state index in [-0.39, 0.29) is 30.6 Å². The van der Waals surface area contributed by atoms with Crippen molar-refractivity contribution in [2.24, 2.45) is 5.92 Å². The minimum absolute atomic E-state index is 0.141. The SMILES string of the molecule is O=C1NC2=CCCC(=O)[C@@H]2[C@@H](c2ccc3c(c2)OCO3)N1. The Morgan fingerprint density at radius 3 is 2.90 bits per heavy atom. The van der Waals surface area contributed by atoms with Crippen LogP contribution in [0.25, 0.3) is 0 Å². The Kier molecular flexibility index (Phi) is 2.63. The molecule has 1 fully saturated rings. The highest BCUT2D eigenvalue weighted by Gasteiger charge is 2.39. The lowest BCUT2D eigenvalue weighted by atomic mass is 9.80. The number of amides is 2. The number of fused-ring (bicyclic) bond motifs is 2. The monoisotopic (exact) mass is 286 g/mol. The lowest BCUT2D eigenvalue weighted by Gasteiger charge is -2.36. The zero-order valence-electron chi connectivity index (χ0n) is 11.2. The van der Waals surface area contributed by atoms with Crippen molar-refractivity contribution in [1.82, 2.24) is 10.6 Å². The third kappa shape index (κ3) is 1.94. The molecule has 1 aromatic carbocycles. The number of urea groups is 1. The maximum atomic E-state index is 12.3. The molecule has 2 N–H and O–H groups in total. The number of nitrogens with one attached hydrogen (secondary N) is 2. The highest BCUT2D eigenvalue weighted by molar-refractivity contribution is 5.90. The summed E-state index contributed by atoms with van der Waals surface area (Å²) >= 11 is 0. The molecule has 0 spiro atoms. The van der Waals surface area contributed by atoms with E-state index in [1.807, 2.05) is 24.3 Å². The molecule has 0 bridgehead atoms. The summed E-state index contributed by atoms with van der Waals surface area (Å²) in [5.74, 6) is 1.12. The van der Waals surface area contributed by atoms with Gasteiger partial charge in [-0.15, -0.1) is 0 Å². The number of allylic oxidation sites excluding steroid dienone is 1. The first-order valence-electron chi connectivity index (χ1n) is 6.92. The predicted octanol–water partition coefficient (Wildman–Crippen LogP) is 1.63. The topological polar surface area (TPSA) is 76.7 Å². The van der Waals surface area contributed by atoms with Crippen LogP contribution in [0.4, 0.5) is 4.79 Å². The minimum atomic E-state index is -0.368. The summed E-state index contributed by atoms with van der Waals surface area (Å²) in [4.78, 5) is 24.1. The third-order valence-corrected chi connectivity index (χ3v) is 4.07. The highest BCUT2D eigenvalue weighted by atomic mass is 16.7. The molecule has 4 rings (SSSR count). The number of ether oxygens (including phenoxy) is 2. The van der Waals surface area contributed by atoms with Crippen LogP contribution in [0, 0.1) is 5.92 Å². The molecule has 6 heteroatoms. The molecule has 21 heavy (non-hydrogen) atoms. The Morgan fingerprint density at radius 2 is 2.00 bits per heavy atom. The Bertz CT molecular complexity index is 668. The molecule has 2 aliphatic heterocycles. The Balaban J connectivity index is 1.75. The number of hydrogen-bond acceptors (Lipinski definition) is 4. The number of carbonyl (C=O) groups is 2. The maximum Gasteiger partial charge on any atom is 0.319 e. The number of hydrogen-bond donors (Lipinski definition) is 2. The van der Waals surface area contributed by atoms with Crippen molar-refractivity contribution in [2.45, 2.75) is 18.9 Å². The first kappa shape index (κ1) is 12.3. The predicted molar refractivity (Wildman–Crippen MR) is 72.8 cm³/mol. The van der Waals surface area contributed by atoms with Crippen molar-refractivity contribution < 1.29 is 19.1 Å². The highest BCUT2D eigenvalue weighted by Crippen LogP contribution is 2.39. The van der Waals surface area contributed by atoms with Crippen LogP contribution >= 0.6 is 0 Å². The van der Waals surface area contributed by atoms with E-state index in [1.54, 1.807) is 0 Å². The van der Waals surface area contributed by atoms with Gasteiger partial charge in [0, 0.05) is 12.1 Å². The van der Waals surface area contributed by atoms with Crippen LogP contribution in [0.15, 0.2) is 30.0 Å². The first-order chi connectivity index (χ1) is 10.2. The van der Waals surface area contributed by atoms with Crippen LogP contribution in [-0.4, -0.2) is 18.6 Å². The number of Topliss-reactive ketones (excluding diaryl/α,β-unsaturated/α-hetero) is 1. The van der Waals surface area contributed by atoms with Crippen molar-refractivity contribution in [1.29, 1.82) is 0 Å². The van der Waals surface area contributed by atoms with E-state index in [2.05, 4.69) is 10.6 Å². The lowest BCUT2D eigenvalue weighted by molar-refractivity contribution is -0.123. The van der Waals surface area contributed by atoms with Crippen LogP contribution in [-0.2, 0) is 4.79 Å². The van der Waals surface area contributed by atoms with Gasteiger partial charge >= 0.3 is 6.03 Å². The van der Waals surface area contributed by atoms with Crippen molar-refractivity contribution in [3.8, 4) is 11.5 Å². The fraction of sp³-hybridized carbons (Fsp3) is 0.333. The van der Waals surface area contributed by atoms with Crippen LogP contribution in [0.3, 0.4) is 0 Å². The average Bonchev–Trinajstić information content (AvgIpc) is 2.93. The summed E-state index contributed by atoms with van der Waals surface area (Å²) in [5.41, 5.74) is 1.55. The zero-order valence-corrected chi connectivity index (χ0v) is 11.2. The van der Waals surface area contributed by atoms with E-state index >= 15 is 0 Å². The second kappa shape index (κ2) is 4.51. The van der Waals surface area contributed by atoms with E-state index in [1.165, 1.54) is 0 Å². The molecule has 108 valence electrons. The van der Waals surface area contributed by atoms with Gasteiger partial charge in [0.15, 0.2) is 11.5 Å². The van der Waals surface area contributed by atoms with Crippen molar-refractivity contribution in [3.63, 3.8) is 0 Å². The van der Waals surface area contributed by atoms with Gasteiger partial charge in [-0.25, -0.2) is 4.79 Å². The number of benzene rings is 1. The van der Waals surface area contributed by atoms with Gasteiger partial charge in [-0.05, 0) is 24.1 Å². The molecule has 2 heterocycles. The lowest BCUT2D eigenvalue weighted by Crippen LogP contribution is -2.51. The van der Waals surface area contributed by atoms with Gasteiger partial charge in [-0.3, -0.25) is 4.79 Å². The van der Waals surface area contributed by atoms with E-state index < -0.39 is 0 Å². The molecule has 2 atom stereocenters. The van der Waals surface area contributed by atoms with Gasteiger partial charge in [-0.1, -0.05) is 12.1 Å². The molecular weight excluding hydrogens is 272 g/mol. The fourth-order valence-corrected chi connectivity index (χ4v) is 3.09. The van der Waals surface area contributed by atoms with Crippen LogP contribution in [0.5, 0.6) is 11.5 Å². The minimum Gasteiger partial charge on any atom is -0.454 e. The van der Waals surface area contributed by atoms with Crippen LogP contribution in [0.1, 0.15) is 24.4 Å². The Morgan fingerprint density at radius 1 is 1.14 bits per heavy atom. The second-order valence-electron chi connectivity index (χ2n) is 5.33. The smallest absolute Gasteiger partial charge is 0.319 e. The molecule has 2 amide bonds. The summed E-state index contributed by atoms with van der Waals surface area (Å²) < 4.78 is 10.7. The molecule has 1 aromatic rings.